The van der Waals surface area contributed by atoms with E-state index in [0.29, 0.717) is 11.3 Å². The van der Waals surface area contributed by atoms with Gasteiger partial charge in [-0.3, -0.25) is 4.79 Å². The zero-order valence-corrected chi connectivity index (χ0v) is 22.2. The molecule has 0 aliphatic heterocycles. The molecule has 2 aliphatic rings. The number of hydrogen-bond donors (Lipinski definition) is 1. The van der Waals surface area contributed by atoms with Crippen molar-refractivity contribution in [1.29, 1.82) is 5.41 Å². The molecule has 0 aromatic rings. The molecule has 0 spiro atoms. The van der Waals surface area contributed by atoms with Crippen LogP contribution in [0.15, 0.2) is 23.3 Å². The lowest BCUT2D eigenvalue weighted by molar-refractivity contribution is -0.127. The van der Waals surface area contributed by atoms with Crippen LogP contribution in [-0.4, -0.2) is 25.9 Å². The lowest BCUT2D eigenvalue weighted by Crippen LogP contribution is -2.50. The van der Waals surface area contributed by atoms with Gasteiger partial charge in [-0.05, 0) is 97.7 Å². The second-order valence-corrected chi connectivity index (χ2v) is 17.2. The summed E-state index contributed by atoms with van der Waals surface area (Å²) in [4.78, 5) is 13.4. The summed E-state index contributed by atoms with van der Waals surface area (Å²) < 4.78 is 6.53. The van der Waals surface area contributed by atoms with Crippen molar-refractivity contribution in [2.24, 2.45) is 16.7 Å². The van der Waals surface area contributed by atoms with Crippen molar-refractivity contribution < 1.29 is 9.22 Å². The van der Waals surface area contributed by atoms with E-state index in [-0.39, 0.29) is 16.2 Å². The molecule has 0 aromatic heterocycles. The fourth-order valence-electron chi connectivity index (χ4n) is 5.66. The highest BCUT2D eigenvalue weighted by molar-refractivity contribution is 6.74. The summed E-state index contributed by atoms with van der Waals surface area (Å²) in [6.07, 6.45) is 10.8. The summed E-state index contributed by atoms with van der Waals surface area (Å²) in [5, 5.41) is 7.84. The van der Waals surface area contributed by atoms with Gasteiger partial charge in [0.05, 0.1) is 0 Å². The number of carbonyl (C=O) groups excluding carboxylic acids is 1. The Morgan fingerprint density at radius 3 is 2.27 bits per heavy atom. The van der Waals surface area contributed by atoms with Crippen LogP contribution in [0.1, 0.15) is 87.5 Å². The Balaban J connectivity index is 2.39. The second-order valence-electron chi connectivity index (χ2n) is 12.5. The lowest BCUT2D eigenvalue weighted by Gasteiger charge is -2.55. The minimum absolute atomic E-state index is 0.0358. The van der Waals surface area contributed by atoms with Crippen LogP contribution in [0.25, 0.3) is 0 Å². The molecule has 2 saturated carbocycles. The van der Waals surface area contributed by atoms with Gasteiger partial charge in [0.2, 0.25) is 0 Å². The minimum atomic E-state index is -2.06. The molecule has 30 heavy (non-hydrogen) atoms. The molecule has 1 N–H and O–H groups in total. The maximum absolute atomic E-state index is 13.4. The highest BCUT2D eigenvalue weighted by atomic mass is 28.4. The van der Waals surface area contributed by atoms with Gasteiger partial charge in [-0.2, -0.15) is 0 Å². The van der Waals surface area contributed by atoms with E-state index in [1.807, 2.05) is 26.0 Å². The van der Waals surface area contributed by atoms with Crippen LogP contribution in [0.4, 0.5) is 0 Å². The van der Waals surface area contributed by atoms with Crippen molar-refractivity contribution in [2.45, 2.75) is 111 Å². The van der Waals surface area contributed by atoms with Gasteiger partial charge in [0, 0.05) is 6.21 Å². The van der Waals surface area contributed by atoms with E-state index in [4.69, 9.17) is 9.84 Å². The molecule has 0 heterocycles. The van der Waals surface area contributed by atoms with Crippen molar-refractivity contribution >= 4 is 20.3 Å². The standard InChI is InChI=1S/C26H45NO2Si/c1-23(2,3)30(9,10)29-25(6,7)22(28)18-19-12-13-21-24(4,5)15-11-16-26(21,8)20(19)14-17-27/h14,17-18,21,27H,11-13,15-16H2,1-10H3/b19-18+,20-14+,27-17?/t21-,26+/m0/s1. The second kappa shape index (κ2) is 8.16. The molecule has 0 bridgehead atoms. The average Bonchev–Trinajstić information content (AvgIpc) is 2.55. The van der Waals surface area contributed by atoms with Gasteiger partial charge in [-0.1, -0.05) is 48.0 Å². The maximum atomic E-state index is 13.4. The van der Waals surface area contributed by atoms with Gasteiger partial charge in [-0.25, -0.2) is 0 Å². The first-order valence-electron chi connectivity index (χ1n) is 11.6. The first-order valence-corrected chi connectivity index (χ1v) is 14.6. The molecule has 2 rings (SSSR count). The number of rotatable bonds is 5. The molecule has 170 valence electrons. The average molecular weight is 432 g/mol. The minimum Gasteiger partial charge on any atom is -0.405 e. The Labute approximate surface area is 186 Å². The largest absolute Gasteiger partial charge is 0.405 e. The van der Waals surface area contributed by atoms with Gasteiger partial charge in [-0.15, -0.1) is 0 Å². The normalized spacial score (nSPS) is 30.3. The third kappa shape index (κ3) is 4.75. The predicted octanol–water partition coefficient (Wildman–Crippen LogP) is 7.48. The molecule has 0 unspecified atom stereocenters. The van der Waals surface area contributed by atoms with Crippen molar-refractivity contribution in [3.8, 4) is 0 Å². The lowest BCUT2D eigenvalue weighted by atomic mass is 9.49. The first kappa shape index (κ1) is 25.3. The summed E-state index contributed by atoms with van der Waals surface area (Å²) in [5.41, 5.74) is 1.82. The van der Waals surface area contributed by atoms with E-state index >= 15 is 0 Å². The van der Waals surface area contributed by atoms with Gasteiger partial charge in [0.25, 0.3) is 0 Å². The number of allylic oxidation sites excluding steroid dienone is 3. The fourth-order valence-corrected chi connectivity index (χ4v) is 7.34. The summed E-state index contributed by atoms with van der Waals surface area (Å²) in [6, 6.07) is 0. The highest BCUT2D eigenvalue weighted by Crippen LogP contribution is 2.60. The molecule has 0 saturated heterocycles. The van der Waals surface area contributed by atoms with Crippen molar-refractivity contribution in [3.05, 3.63) is 23.3 Å². The summed E-state index contributed by atoms with van der Waals surface area (Å²) in [7, 11) is -2.06. The molecule has 0 amide bonds. The SMILES string of the molecule is CC(C)(O[Si](C)(C)C(C)(C)C)C(=O)/C=C1\CC[C@H]2C(C)(C)CCC[C@]2(C)\C1=C\C=N. The van der Waals surface area contributed by atoms with Crippen LogP contribution in [0.5, 0.6) is 0 Å². The number of ketones is 1. The van der Waals surface area contributed by atoms with E-state index in [2.05, 4.69) is 54.6 Å². The summed E-state index contributed by atoms with van der Waals surface area (Å²) in [6.45, 7) is 22.0. The maximum Gasteiger partial charge on any atom is 0.193 e. The Bertz CT molecular complexity index is 751. The number of hydrogen-bond acceptors (Lipinski definition) is 3. The molecule has 2 fully saturated rings. The van der Waals surface area contributed by atoms with Gasteiger partial charge < -0.3 is 9.84 Å². The van der Waals surface area contributed by atoms with Gasteiger partial charge in [0.15, 0.2) is 14.1 Å². The first-order chi connectivity index (χ1) is 13.5. The smallest absolute Gasteiger partial charge is 0.193 e. The zero-order valence-electron chi connectivity index (χ0n) is 21.2. The molecule has 4 heteroatoms. The molecule has 3 nitrogen and oxygen atoms in total. The van der Waals surface area contributed by atoms with Crippen LogP contribution in [0, 0.1) is 22.2 Å². The van der Waals surface area contributed by atoms with E-state index in [1.165, 1.54) is 24.6 Å². The Morgan fingerprint density at radius 1 is 1.13 bits per heavy atom. The molecule has 0 radical (unpaired) electrons. The highest BCUT2D eigenvalue weighted by Gasteiger charge is 2.51. The van der Waals surface area contributed by atoms with Crippen molar-refractivity contribution in [3.63, 3.8) is 0 Å². The molecule has 0 aromatic carbocycles. The van der Waals surface area contributed by atoms with Crippen LogP contribution in [0.3, 0.4) is 0 Å². The van der Waals surface area contributed by atoms with E-state index in [0.717, 1.165) is 24.8 Å². The predicted molar refractivity (Wildman–Crippen MR) is 131 cm³/mol. The fraction of sp³-hybridized carbons (Fsp3) is 0.769. The van der Waals surface area contributed by atoms with E-state index < -0.39 is 13.9 Å². The Hall–Kier alpha value is -1.00. The van der Waals surface area contributed by atoms with Crippen LogP contribution in [-0.2, 0) is 9.22 Å². The van der Waals surface area contributed by atoms with Crippen LogP contribution in [0.2, 0.25) is 18.1 Å². The molecular weight excluding hydrogens is 386 g/mol. The summed E-state index contributed by atoms with van der Waals surface area (Å²) >= 11 is 0. The van der Waals surface area contributed by atoms with Crippen molar-refractivity contribution in [2.75, 3.05) is 0 Å². The van der Waals surface area contributed by atoms with E-state index in [1.54, 1.807) is 0 Å². The Morgan fingerprint density at radius 2 is 1.73 bits per heavy atom. The number of fused-ring (bicyclic) bond motifs is 1. The molecule has 2 aliphatic carbocycles. The quantitative estimate of drug-likeness (QED) is 0.278. The van der Waals surface area contributed by atoms with Crippen LogP contribution >= 0.6 is 0 Å². The number of nitrogens with one attached hydrogen (secondary N) is 1. The zero-order chi connectivity index (χ0) is 23.2. The monoisotopic (exact) mass is 431 g/mol. The van der Waals surface area contributed by atoms with Crippen LogP contribution < -0.4 is 0 Å². The third-order valence-electron chi connectivity index (χ3n) is 8.36. The van der Waals surface area contributed by atoms with Gasteiger partial charge in [0.1, 0.15) is 5.60 Å². The number of carbonyl (C=O) groups is 1. The van der Waals surface area contributed by atoms with Gasteiger partial charge >= 0.3 is 0 Å². The topological polar surface area (TPSA) is 50.2 Å². The molecular formula is C26H45NO2Si. The third-order valence-corrected chi connectivity index (χ3v) is 13.0. The van der Waals surface area contributed by atoms with E-state index in [9.17, 15) is 4.79 Å². The Kier molecular flexibility index (Phi) is 6.87. The molecule has 2 atom stereocenters. The van der Waals surface area contributed by atoms with Crippen molar-refractivity contribution in [1.82, 2.24) is 0 Å². The summed E-state index contributed by atoms with van der Waals surface area (Å²) in [5.74, 6) is 0.643.